The molecule has 0 saturated carbocycles. The Bertz CT molecular complexity index is 1260. The lowest BCUT2D eigenvalue weighted by molar-refractivity contribution is -0.149. The summed E-state index contributed by atoms with van der Waals surface area (Å²) in [6, 6.07) is 14.2. The molecule has 3 amide bonds. The number of benzene rings is 2. The molecule has 8 atom stereocenters. The number of aliphatic hydroxyl groups is 1. The summed E-state index contributed by atoms with van der Waals surface area (Å²) in [6.07, 6.45) is 1.15. The van der Waals surface area contributed by atoms with E-state index in [1.807, 2.05) is 45.9 Å². The van der Waals surface area contributed by atoms with E-state index in [2.05, 4.69) is 10.6 Å². The average Bonchev–Trinajstić information content (AvgIpc) is 3.43. The highest BCUT2D eigenvalue weighted by Gasteiger charge is 2.80. The number of fused-ring (bicyclic) bond motifs is 1. The van der Waals surface area contributed by atoms with Gasteiger partial charge >= 0.3 is 0 Å². The van der Waals surface area contributed by atoms with Crippen LogP contribution < -0.4 is 10.6 Å². The molecule has 3 unspecified atom stereocenters. The molecule has 2 aromatic rings. The second-order valence-corrected chi connectivity index (χ2v) is 11.9. The third-order valence-corrected chi connectivity index (χ3v) is 9.53. The first-order valence-corrected chi connectivity index (χ1v) is 14.0. The van der Waals surface area contributed by atoms with Crippen molar-refractivity contribution in [1.29, 1.82) is 0 Å². The van der Waals surface area contributed by atoms with E-state index in [-0.39, 0.29) is 30.3 Å². The quantitative estimate of drug-likeness (QED) is 0.451. The van der Waals surface area contributed by atoms with Crippen LogP contribution >= 0.6 is 11.6 Å². The van der Waals surface area contributed by atoms with E-state index in [0.29, 0.717) is 29.2 Å². The number of nitrogens with zero attached hydrogens (tertiary/aromatic N) is 1. The normalized spacial score (nSPS) is 32.6. The number of halogens is 1. The largest absolute Gasteiger partial charge is 0.394 e. The van der Waals surface area contributed by atoms with E-state index in [9.17, 15) is 19.5 Å². The first kappa shape index (κ1) is 27.6. The van der Waals surface area contributed by atoms with Crippen molar-refractivity contribution in [3.63, 3.8) is 0 Å². The van der Waals surface area contributed by atoms with Gasteiger partial charge in [0.2, 0.25) is 17.7 Å². The number of carbonyl (C=O) groups excluding carboxylic acids is 3. The molecular weight excluding hydrogens is 518 g/mol. The number of ether oxygens (including phenoxy) is 1. The van der Waals surface area contributed by atoms with E-state index in [1.54, 1.807) is 36.4 Å². The van der Waals surface area contributed by atoms with Gasteiger partial charge in [-0.25, -0.2) is 0 Å². The number of amides is 3. The van der Waals surface area contributed by atoms with E-state index in [0.717, 1.165) is 0 Å². The molecule has 2 aromatic carbocycles. The number of anilines is 2. The zero-order valence-corrected chi connectivity index (χ0v) is 23.4. The predicted octanol–water partition coefficient (Wildman–Crippen LogP) is 4.33. The van der Waals surface area contributed by atoms with Gasteiger partial charge in [0.25, 0.3) is 0 Å². The molecule has 3 aliphatic heterocycles. The van der Waals surface area contributed by atoms with Gasteiger partial charge in [-0.15, -0.1) is 0 Å². The maximum absolute atomic E-state index is 14.4. The van der Waals surface area contributed by atoms with E-state index < -0.39 is 41.0 Å². The second kappa shape index (κ2) is 10.2. The van der Waals surface area contributed by atoms with Crippen molar-refractivity contribution < 1.29 is 24.2 Å². The van der Waals surface area contributed by atoms with Crippen molar-refractivity contribution in [3.05, 3.63) is 59.6 Å². The minimum absolute atomic E-state index is 0.0817. The number of rotatable bonds is 8. The number of para-hydroxylation sites is 1. The Kier molecular flexibility index (Phi) is 7.24. The molecule has 208 valence electrons. The third kappa shape index (κ3) is 4.33. The van der Waals surface area contributed by atoms with Gasteiger partial charge in [-0.3, -0.25) is 14.4 Å². The highest BCUT2D eigenvalue weighted by atomic mass is 35.5. The molecule has 1 spiro atoms. The molecule has 3 heterocycles. The van der Waals surface area contributed by atoms with Crippen molar-refractivity contribution in [2.45, 2.75) is 63.8 Å². The fourth-order valence-corrected chi connectivity index (χ4v) is 7.16. The number of hydrogen-bond acceptors (Lipinski definition) is 5. The Morgan fingerprint density at radius 1 is 1.10 bits per heavy atom. The minimum Gasteiger partial charge on any atom is -0.394 e. The zero-order valence-electron chi connectivity index (χ0n) is 22.7. The molecule has 39 heavy (non-hydrogen) atoms. The second-order valence-electron chi connectivity index (χ2n) is 11.4. The molecule has 2 bridgehead atoms. The SMILES string of the molecule is CC[C@H](C)[C@H](CO)N1C(=O)[C@@H]2[C@H](C(=O)Nc3ccccc3)[C@@]3(C)OC2(CC3C)C1C(=O)Nc1ccc(Cl)cc1. The van der Waals surface area contributed by atoms with Crippen molar-refractivity contribution in [3.8, 4) is 0 Å². The van der Waals surface area contributed by atoms with Crippen LogP contribution in [0, 0.1) is 23.7 Å². The fourth-order valence-electron chi connectivity index (χ4n) is 7.03. The lowest BCUT2D eigenvalue weighted by Gasteiger charge is -2.39. The van der Waals surface area contributed by atoms with Crippen molar-refractivity contribution in [2.24, 2.45) is 23.7 Å². The first-order chi connectivity index (χ1) is 18.6. The molecular formula is C30H36ClN3O5. The summed E-state index contributed by atoms with van der Waals surface area (Å²) in [5.74, 6) is -2.87. The van der Waals surface area contributed by atoms with Crippen LogP contribution in [0.5, 0.6) is 0 Å². The highest BCUT2D eigenvalue weighted by Crippen LogP contribution is 2.65. The Morgan fingerprint density at radius 3 is 2.33 bits per heavy atom. The maximum atomic E-state index is 14.4. The average molecular weight is 554 g/mol. The van der Waals surface area contributed by atoms with Crippen LogP contribution in [0.2, 0.25) is 5.02 Å². The Balaban J connectivity index is 1.58. The van der Waals surface area contributed by atoms with Crippen LogP contribution in [0.3, 0.4) is 0 Å². The molecule has 3 saturated heterocycles. The summed E-state index contributed by atoms with van der Waals surface area (Å²) >= 11 is 6.04. The van der Waals surface area contributed by atoms with Gasteiger partial charge in [-0.1, -0.05) is 57.0 Å². The zero-order chi connectivity index (χ0) is 28.1. The lowest BCUT2D eigenvalue weighted by atomic mass is 9.62. The monoisotopic (exact) mass is 553 g/mol. The van der Waals surface area contributed by atoms with Crippen LogP contribution in [-0.4, -0.2) is 57.6 Å². The Labute approximate surface area is 234 Å². The van der Waals surface area contributed by atoms with Gasteiger partial charge < -0.3 is 25.4 Å². The van der Waals surface area contributed by atoms with E-state index >= 15 is 0 Å². The van der Waals surface area contributed by atoms with Crippen LogP contribution in [0.15, 0.2) is 54.6 Å². The van der Waals surface area contributed by atoms with Gasteiger partial charge in [0.1, 0.15) is 11.6 Å². The topological polar surface area (TPSA) is 108 Å². The van der Waals surface area contributed by atoms with Gasteiger partial charge in [-0.05, 0) is 61.6 Å². The Morgan fingerprint density at radius 2 is 1.72 bits per heavy atom. The molecule has 8 nitrogen and oxygen atoms in total. The molecule has 0 aliphatic carbocycles. The maximum Gasteiger partial charge on any atom is 0.250 e. The number of aliphatic hydroxyl groups excluding tert-OH is 1. The van der Waals surface area contributed by atoms with Crippen LogP contribution in [-0.2, 0) is 19.1 Å². The van der Waals surface area contributed by atoms with E-state index in [4.69, 9.17) is 16.3 Å². The summed E-state index contributed by atoms with van der Waals surface area (Å²) in [5.41, 5.74) is -0.982. The molecule has 3 fully saturated rings. The summed E-state index contributed by atoms with van der Waals surface area (Å²) in [5, 5.41) is 16.9. The highest BCUT2D eigenvalue weighted by molar-refractivity contribution is 6.30. The molecule has 0 aromatic heterocycles. The molecule has 5 rings (SSSR count). The lowest BCUT2D eigenvalue weighted by Crippen LogP contribution is -2.57. The Hall–Kier alpha value is -2.94. The third-order valence-electron chi connectivity index (χ3n) is 9.28. The van der Waals surface area contributed by atoms with Crippen molar-refractivity contribution in [2.75, 3.05) is 17.2 Å². The predicted molar refractivity (Wildman–Crippen MR) is 149 cm³/mol. The molecule has 9 heteroatoms. The van der Waals surface area contributed by atoms with Gasteiger partial charge in [0.05, 0.1) is 30.1 Å². The molecule has 3 N–H and O–H groups in total. The van der Waals surface area contributed by atoms with Crippen LogP contribution in [0.25, 0.3) is 0 Å². The van der Waals surface area contributed by atoms with Crippen LogP contribution in [0.4, 0.5) is 11.4 Å². The number of likely N-dealkylation sites (tertiary alicyclic amines) is 1. The smallest absolute Gasteiger partial charge is 0.250 e. The minimum atomic E-state index is -1.21. The summed E-state index contributed by atoms with van der Waals surface area (Å²) in [7, 11) is 0. The number of nitrogens with one attached hydrogen (secondary N) is 2. The number of carbonyl (C=O) groups is 3. The van der Waals surface area contributed by atoms with Crippen molar-refractivity contribution >= 4 is 40.7 Å². The first-order valence-electron chi connectivity index (χ1n) is 13.6. The molecule has 0 radical (unpaired) electrons. The fraction of sp³-hybridized carbons (Fsp3) is 0.500. The van der Waals surface area contributed by atoms with Gasteiger partial charge in [-0.2, -0.15) is 0 Å². The summed E-state index contributed by atoms with van der Waals surface area (Å²) in [4.78, 5) is 43.8. The van der Waals surface area contributed by atoms with Crippen LogP contribution in [0.1, 0.15) is 40.5 Å². The van der Waals surface area contributed by atoms with Gasteiger partial charge in [0, 0.05) is 16.4 Å². The van der Waals surface area contributed by atoms with Crippen molar-refractivity contribution in [1.82, 2.24) is 4.90 Å². The van der Waals surface area contributed by atoms with Gasteiger partial charge in [0.15, 0.2) is 0 Å². The standard InChI is InChI=1S/C30H36ClN3O5/c1-5-17(2)22(16-35)34-25(27(37)33-21-13-11-19(31)12-14-21)30-15-18(3)29(4,39-30)23(24(30)28(34)38)26(36)32-20-9-7-6-8-10-20/h6-14,17-18,22-25,35H,5,15-16H2,1-4H3,(H,32,36)(H,33,37)/t17-,18?,22-,23+,24-,25?,29-,30?/m0/s1. The summed E-state index contributed by atoms with van der Waals surface area (Å²) < 4.78 is 6.77. The number of hydrogen-bond donors (Lipinski definition) is 3. The molecule has 3 aliphatic rings. The van der Waals surface area contributed by atoms with E-state index in [1.165, 1.54) is 4.90 Å². The summed E-state index contributed by atoms with van der Waals surface area (Å²) in [6.45, 7) is 7.52.